The third kappa shape index (κ3) is 3.72. The van der Waals surface area contributed by atoms with Crippen molar-refractivity contribution in [1.82, 2.24) is 0 Å². The highest BCUT2D eigenvalue weighted by molar-refractivity contribution is 6.42. The first-order chi connectivity index (χ1) is 9.06. The predicted octanol–water partition coefficient (Wildman–Crippen LogP) is 4.81. The summed E-state index contributed by atoms with van der Waals surface area (Å²) in [6, 6.07) is 12.9. The van der Waals surface area contributed by atoms with Gasteiger partial charge in [-0.2, -0.15) is 0 Å². The summed E-state index contributed by atoms with van der Waals surface area (Å²) in [4.78, 5) is 11.3. The molecule has 0 heterocycles. The Kier molecular flexibility index (Phi) is 4.46. The topological polar surface area (TPSA) is 29.1 Å². The Balaban J connectivity index is 2.07. The van der Waals surface area contributed by atoms with Crippen LogP contribution in [0.2, 0.25) is 10.0 Å². The van der Waals surface area contributed by atoms with Gasteiger partial charge in [-0.25, -0.2) is 0 Å². The second-order valence-corrected chi connectivity index (χ2v) is 5.05. The molecule has 0 bridgehead atoms. The first-order valence-electron chi connectivity index (χ1n) is 5.85. The summed E-state index contributed by atoms with van der Waals surface area (Å²) in [7, 11) is 0. The molecule has 0 saturated carbocycles. The van der Waals surface area contributed by atoms with Crippen LogP contribution >= 0.6 is 23.2 Å². The van der Waals surface area contributed by atoms with E-state index in [-0.39, 0.29) is 5.78 Å². The van der Waals surface area contributed by atoms with Crippen LogP contribution in [0.15, 0.2) is 42.5 Å². The molecular weight excluding hydrogens is 281 g/mol. The maximum absolute atomic E-state index is 11.3. The van der Waals surface area contributed by atoms with Crippen molar-refractivity contribution in [1.29, 1.82) is 0 Å². The molecule has 4 heteroatoms. The Morgan fingerprint density at radius 2 is 1.89 bits per heavy atom. The van der Waals surface area contributed by atoms with Gasteiger partial charge in [0, 0.05) is 17.8 Å². The van der Waals surface area contributed by atoms with Gasteiger partial charge in [-0.05, 0) is 36.8 Å². The number of anilines is 1. The molecule has 0 unspecified atom stereocenters. The van der Waals surface area contributed by atoms with Gasteiger partial charge < -0.3 is 5.32 Å². The average molecular weight is 294 g/mol. The summed E-state index contributed by atoms with van der Waals surface area (Å²) >= 11 is 11.8. The van der Waals surface area contributed by atoms with Crippen LogP contribution in [-0.4, -0.2) is 5.78 Å². The average Bonchev–Trinajstić information content (AvgIpc) is 2.40. The zero-order valence-corrected chi connectivity index (χ0v) is 11.9. The number of carbonyl (C=O) groups is 1. The lowest BCUT2D eigenvalue weighted by Gasteiger charge is -2.08. The molecule has 0 aliphatic carbocycles. The Labute approximate surface area is 122 Å². The Bertz CT molecular complexity index is 611. The minimum atomic E-state index is 0.0539. The van der Waals surface area contributed by atoms with Gasteiger partial charge in [-0.1, -0.05) is 41.4 Å². The Hall–Kier alpha value is -1.51. The van der Waals surface area contributed by atoms with Crippen LogP contribution in [0, 0.1) is 0 Å². The Morgan fingerprint density at radius 1 is 1.11 bits per heavy atom. The van der Waals surface area contributed by atoms with Crippen LogP contribution in [0.4, 0.5) is 5.69 Å². The van der Waals surface area contributed by atoms with Gasteiger partial charge in [0.25, 0.3) is 0 Å². The molecule has 0 amide bonds. The molecule has 0 radical (unpaired) electrons. The fraction of sp³-hybridized carbons (Fsp3) is 0.133. The molecule has 19 heavy (non-hydrogen) atoms. The Morgan fingerprint density at radius 3 is 2.58 bits per heavy atom. The SMILES string of the molecule is CC(=O)c1cccc(NCc2ccc(Cl)c(Cl)c2)c1. The number of hydrogen-bond acceptors (Lipinski definition) is 2. The monoisotopic (exact) mass is 293 g/mol. The molecule has 1 N–H and O–H groups in total. The van der Waals surface area contributed by atoms with E-state index in [2.05, 4.69) is 5.32 Å². The third-order valence-electron chi connectivity index (χ3n) is 2.75. The van der Waals surface area contributed by atoms with Crippen LogP contribution in [0.3, 0.4) is 0 Å². The van der Waals surface area contributed by atoms with Crippen molar-refractivity contribution in [2.45, 2.75) is 13.5 Å². The van der Waals surface area contributed by atoms with E-state index in [1.807, 2.05) is 30.3 Å². The molecule has 2 aromatic carbocycles. The fourth-order valence-corrected chi connectivity index (χ4v) is 2.02. The number of benzene rings is 2. The fourth-order valence-electron chi connectivity index (χ4n) is 1.70. The van der Waals surface area contributed by atoms with Crippen molar-refractivity contribution in [3.8, 4) is 0 Å². The second kappa shape index (κ2) is 6.09. The minimum Gasteiger partial charge on any atom is -0.381 e. The molecule has 2 rings (SSSR count). The van der Waals surface area contributed by atoms with E-state index in [0.29, 0.717) is 22.2 Å². The lowest BCUT2D eigenvalue weighted by atomic mass is 10.1. The van der Waals surface area contributed by atoms with Crippen LogP contribution in [0.25, 0.3) is 0 Å². The number of Topliss-reactive ketones (excluding diaryl/α,β-unsaturated/α-hetero) is 1. The lowest BCUT2D eigenvalue weighted by Crippen LogP contribution is -2.01. The highest BCUT2D eigenvalue weighted by Gasteiger charge is 2.02. The molecule has 0 spiro atoms. The number of rotatable bonds is 4. The number of hydrogen-bond donors (Lipinski definition) is 1. The highest BCUT2D eigenvalue weighted by atomic mass is 35.5. The maximum Gasteiger partial charge on any atom is 0.159 e. The molecule has 0 aliphatic rings. The van der Waals surface area contributed by atoms with Gasteiger partial charge in [0.2, 0.25) is 0 Å². The zero-order valence-electron chi connectivity index (χ0n) is 10.4. The molecule has 0 fully saturated rings. The minimum absolute atomic E-state index is 0.0539. The van der Waals surface area contributed by atoms with E-state index in [0.717, 1.165) is 11.3 Å². The van der Waals surface area contributed by atoms with Crippen molar-refractivity contribution in [2.24, 2.45) is 0 Å². The van der Waals surface area contributed by atoms with Gasteiger partial charge in [-0.3, -0.25) is 4.79 Å². The quantitative estimate of drug-likeness (QED) is 0.820. The van der Waals surface area contributed by atoms with E-state index < -0.39 is 0 Å². The van der Waals surface area contributed by atoms with Gasteiger partial charge in [0.1, 0.15) is 0 Å². The molecule has 0 saturated heterocycles. The van der Waals surface area contributed by atoms with E-state index in [4.69, 9.17) is 23.2 Å². The van der Waals surface area contributed by atoms with Crippen molar-refractivity contribution in [2.75, 3.05) is 5.32 Å². The van der Waals surface area contributed by atoms with E-state index in [1.165, 1.54) is 0 Å². The van der Waals surface area contributed by atoms with Gasteiger partial charge in [0.15, 0.2) is 5.78 Å². The van der Waals surface area contributed by atoms with Crippen LogP contribution in [-0.2, 0) is 6.54 Å². The number of carbonyl (C=O) groups excluding carboxylic acids is 1. The highest BCUT2D eigenvalue weighted by Crippen LogP contribution is 2.23. The molecule has 2 aromatic rings. The normalized spacial score (nSPS) is 10.3. The summed E-state index contributed by atoms with van der Waals surface area (Å²) in [6.45, 7) is 2.18. The van der Waals surface area contributed by atoms with Gasteiger partial charge in [0.05, 0.1) is 10.0 Å². The maximum atomic E-state index is 11.3. The smallest absolute Gasteiger partial charge is 0.159 e. The molecule has 2 nitrogen and oxygen atoms in total. The molecule has 98 valence electrons. The van der Waals surface area contributed by atoms with Crippen LogP contribution < -0.4 is 5.32 Å². The molecule has 0 atom stereocenters. The summed E-state index contributed by atoms with van der Waals surface area (Å²) in [5.41, 5.74) is 2.63. The van der Waals surface area contributed by atoms with Crippen molar-refractivity contribution in [3.63, 3.8) is 0 Å². The number of nitrogens with one attached hydrogen (secondary N) is 1. The van der Waals surface area contributed by atoms with Crippen molar-refractivity contribution < 1.29 is 4.79 Å². The lowest BCUT2D eigenvalue weighted by molar-refractivity contribution is 0.101. The first kappa shape index (κ1) is 13.9. The third-order valence-corrected chi connectivity index (χ3v) is 3.49. The summed E-state index contributed by atoms with van der Waals surface area (Å²) in [5, 5.41) is 4.33. The van der Waals surface area contributed by atoms with Crippen LogP contribution in [0.1, 0.15) is 22.8 Å². The standard InChI is InChI=1S/C15H13Cl2NO/c1-10(19)12-3-2-4-13(8-12)18-9-11-5-6-14(16)15(17)7-11/h2-8,18H,9H2,1H3. The van der Waals surface area contributed by atoms with E-state index in [9.17, 15) is 4.79 Å². The van der Waals surface area contributed by atoms with Crippen LogP contribution in [0.5, 0.6) is 0 Å². The first-order valence-corrected chi connectivity index (χ1v) is 6.60. The number of halogens is 2. The number of ketones is 1. The van der Waals surface area contributed by atoms with Gasteiger partial charge in [-0.15, -0.1) is 0 Å². The zero-order chi connectivity index (χ0) is 13.8. The summed E-state index contributed by atoms with van der Waals surface area (Å²) in [5.74, 6) is 0.0539. The van der Waals surface area contributed by atoms with Crippen molar-refractivity contribution in [3.05, 3.63) is 63.6 Å². The summed E-state index contributed by atoms with van der Waals surface area (Å²) in [6.07, 6.45) is 0. The predicted molar refractivity (Wildman–Crippen MR) is 80.2 cm³/mol. The van der Waals surface area contributed by atoms with Crippen molar-refractivity contribution >= 4 is 34.7 Å². The summed E-state index contributed by atoms with van der Waals surface area (Å²) < 4.78 is 0. The molecule has 0 aromatic heterocycles. The van der Waals surface area contributed by atoms with E-state index >= 15 is 0 Å². The molecular formula is C15H13Cl2NO. The second-order valence-electron chi connectivity index (χ2n) is 4.24. The van der Waals surface area contributed by atoms with Gasteiger partial charge >= 0.3 is 0 Å². The largest absolute Gasteiger partial charge is 0.381 e. The van der Waals surface area contributed by atoms with E-state index in [1.54, 1.807) is 19.1 Å². The molecule has 0 aliphatic heterocycles.